The molecule has 0 saturated carbocycles. The van der Waals surface area contributed by atoms with E-state index in [1.54, 1.807) is 7.11 Å². The summed E-state index contributed by atoms with van der Waals surface area (Å²) in [6.07, 6.45) is 6.35. The lowest BCUT2D eigenvalue weighted by Gasteiger charge is -2.28. The maximum atomic E-state index is 12.8. The molecule has 0 aromatic heterocycles. The topological polar surface area (TPSA) is 83.5 Å². The standard InChI is InChI=1S/C27H34N4O4/c1-34-15-16-35-26(32)20-30-14-11-23-17-25(10-9-24(23)19-30)29-27(33)22-7-5-21(6-8-22)18-28-31-12-3-2-4-13-31/h5-10,17-18H,2-4,11-16,19-20H2,1H3,(H,29,33)/b28-18+. The van der Waals surface area contributed by atoms with Crippen LogP contribution in [0.4, 0.5) is 5.69 Å². The summed E-state index contributed by atoms with van der Waals surface area (Å²) < 4.78 is 10.1. The molecule has 2 heterocycles. The van der Waals surface area contributed by atoms with E-state index in [9.17, 15) is 9.59 Å². The second kappa shape index (κ2) is 12.5. The van der Waals surface area contributed by atoms with Crippen LogP contribution in [0.1, 0.15) is 46.3 Å². The monoisotopic (exact) mass is 478 g/mol. The molecular weight excluding hydrogens is 444 g/mol. The van der Waals surface area contributed by atoms with Crippen LogP contribution in [-0.2, 0) is 27.2 Å². The SMILES string of the molecule is COCCOC(=O)CN1CCc2cc(NC(=O)c3ccc(/C=N/N4CCCCC4)cc3)ccc2C1. The van der Waals surface area contributed by atoms with Gasteiger partial charge in [0.05, 0.1) is 19.4 Å². The minimum atomic E-state index is -0.238. The number of ether oxygens (including phenoxy) is 2. The number of methoxy groups -OCH3 is 1. The van der Waals surface area contributed by atoms with Crippen molar-refractivity contribution >= 4 is 23.8 Å². The van der Waals surface area contributed by atoms with E-state index in [4.69, 9.17) is 9.47 Å². The van der Waals surface area contributed by atoms with Gasteiger partial charge in [-0.2, -0.15) is 5.10 Å². The highest BCUT2D eigenvalue weighted by Gasteiger charge is 2.20. The first kappa shape index (κ1) is 24.9. The zero-order valence-electron chi connectivity index (χ0n) is 20.4. The molecule has 8 nitrogen and oxygen atoms in total. The molecule has 0 bridgehead atoms. The number of rotatable bonds is 9. The number of carbonyl (C=O) groups excluding carboxylic acids is 2. The van der Waals surface area contributed by atoms with Crippen LogP contribution in [0.2, 0.25) is 0 Å². The highest BCUT2D eigenvalue weighted by Crippen LogP contribution is 2.23. The van der Waals surface area contributed by atoms with Gasteiger partial charge in [0.15, 0.2) is 0 Å². The van der Waals surface area contributed by atoms with Crippen molar-refractivity contribution in [3.05, 3.63) is 64.7 Å². The summed E-state index contributed by atoms with van der Waals surface area (Å²) >= 11 is 0. The minimum absolute atomic E-state index is 0.138. The Hall–Kier alpha value is -3.23. The van der Waals surface area contributed by atoms with Crippen molar-refractivity contribution in [1.82, 2.24) is 9.91 Å². The van der Waals surface area contributed by atoms with Gasteiger partial charge >= 0.3 is 5.97 Å². The van der Waals surface area contributed by atoms with Crippen molar-refractivity contribution < 1.29 is 19.1 Å². The average Bonchev–Trinajstić information content (AvgIpc) is 2.88. The number of benzene rings is 2. The fourth-order valence-corrected chi connectivity index (χ4v) is 4.36. The van der Waals surface area contributed by atoms with E-state index in [1.807, 2.05) is 48.7 Å². The fraction of sp³-hybridized carbons (Fsp3) is 0.444. The molecule has 1 fully saturated rings. The van der Waals surface area contributed by atoms with Crippen LogP contribution < -0.4 is 5.32 Å². The predicted octanol–water partition coefficient (Wildman–Crippen LogP) is 3.31. The Labute approximate surface area is 206 Å². The molecule has 0 unspecified atom stereocenters. The lowest BCUT2D eigenvalue weighted by Crippen LogP contribution is -2.35. The second-order valence-electron chi connectivity index (χ2n) is 8.99. The normalized spacial score (nSPS) is 16.2. The molecule has 35 heavy (non-hydrogen) atoms. The lowest BCUT2D eigenvalue weighted by molar-refractivity contribution is -0.146. The first-order chi connectivity index (χ1) is 17.1. The summed E-state index contributed by atoms with van der Waals surface area (Å²) in [5.41, 5.74) is 4.72. The van der Waals surface area contributed by atoms with Gasteiger partial charge in [-0.3, -0.25) is 19.5 Å². The van der Waals surface area contributed by atoms with Gasteiger partial charge in [-0.25, -0.2) is 0 Å². The molecule has 2 aliphatic rings. The molecule has 2 aromatic rings. The Bertz CT molecular complexity index is 1030. The van der Waals surface area contributed by atoms with Crippen molar-refractivity contribution in [3.8, 4) is 0 Å². The Morgan fingerprint density at radius 2 is 1.80 bits per heavy atom. The molecule has 1 amide bonds. The molecule has 2 aliphatic heterocycles. The number of esters is 1. The van der Waals surface area contributed by atoms with Crippen LogP contribution in [0.5, 0.6) is 0 Å². The van der Waals surface area contributed by atoms with Crippen LogP contribution in [0, 0.1) is 0 Å². The van der Waals surface area contributed by atoms with Gasteiger partial charge in [0, 0.05) is 44.5 Å². The van der Waals surface area contributed by atoms with Gasteiger partial charge in [-0.05, 0) is 66.6 Å². The lowest BCUT2D eigenvalue weighted by atomic mass is 9.99. The van der Waals surface area contributed by atoms with Crippen LogP contribution in [0.25, 0.3) is 0 Å². The smallest absolute Gasteiger partial charge is 0.320 e. The van der Waals surface area contributed by atoms with Crippen molar-refractivity contribution in [2.45, 2.75) is 32.2 Å². The number of anilines is 1. The van der Waals surface area contributed by atoms with Crippen LogP contribution in [-0.4, -0.2) is 74.5 Å². The second-order valence-corrected chi connectivity index (χ2v) is 8.99. The van der Waals surface area contributed by atoms with Crippen LogP contribution in [0.15, 0.2) is 47.6 Å². The number of nitrogens with one attached hydrogen (secondary N) is 1. The molecular formula is C27H34N4O4. The Balaban J connectivity index is 1.28. The van der Waals surface area contributed by atoms with Crippen molar-refractivity contribution in [2.75, 3.05) is 51.8 Å². The van der Waals surface area contributed by atoms with Gasteiger partial charge in [0.2, 0.25) is 0 Å². The summed E-state index contributed by atoms with van der Waals surface area (Å²) in [4.78, 5) is 26.8. The quantitative estimate of drug-likeness (QED) is 0.338. The van der Waals surface area contributed by atoms with Crippen molar-refractivity contribution in [1.29, 1.82) is 0 Å². The molecule has 0 radical (unpaired) electrons. The van der Waals surface area contributed by atoms with Gasteiger partial charge in [-0.15, -0.1) is 0 Å². The van der Waals surface area contributed by atoms with E-state index in [0.717, 1.165) is 42.9 Å². The third-order valence-electron chi connectivity index (χ3n) is 6.33. The van der Waals surface area contributed by atoms with Gasteiger partial charge in [-0.1, -0.05) is 18.2 Å². The third kappa shape index (κ3) is 7.37. The van der Waals surface area contributed by atoms with Crippen LogP contribution in [0.3, 0.4) is 0 Å². The number of carbonyl (C=O) groups is 2. The summed E-state index contributed by atoms with van der Waals surface area (Å²) in [5.74, 6) is -0.376. The number of nitrogens with zero attached hydrogens (tertiary/aromatic N) is 3. The molecule has 1 saturated heterocycles. The average molecular weight is 479 g/mol. The molecule has 2 aromatic carbocycles. The molecule has 0 spiro atoms. The van der Waals surface area contributed by atoms with E-state index < -0.39 is 0 Å². The molecule has 1 N–H and O–H groups in total. The largest absolute Gasteiger partial charge is 0.462 e. The Morgan fingerprint density at radius 1 is 1.00 bits per heavy atom. The third-order valence-corrected chi connectivity index (χ3v) is 6.33. The first-order valence-corrected chi connectivity index (χ1v) is 12.3. The first-order valence-electron chi connectivity index (χ1n) is 12.3. The van der Waals surface area contributed by atoms with Gasteiger partial charge in [0.25, 0.3) is 5.91 Å². The molecule has 0 atom stereocenters. The van der Waals surface area contributed by atoms with Gasteiger partial charge in [0.1, 0.15) is 6.61 Å². The van der Waals surface area contributed by atoms with E-state index >= 15 is 0 Å². The van der Waals surface area contributed by atoms with Gasteiger partial charge < -0.3 is 14.8 Å². The number of hydrazone groups is 1. The minimum Gasteiger partial charge on any atom is -0.462 e. The van der Waals surface area contributed by atoms with Crippen molar-refractivity contribution in [3.63, 3.8) is 0 Å². The van der Waals surface area contributed by atoms with E-state index in [-0.39, 0.29) is 25.0 Å². The summed E-state index contributed by atoms with van der Waals surface area (Å²) in [6, 6.07) is 13.5. The summed E-state index contributed by atoms with van der Waals surface area (Å²) in [7, 11) is 1.58. The number of hydrogen-bond acceptors (Lipinski definition) is 7. The molecule has 186 valence electrons. The maximum absolute atomic E-state index is 12.8. The number of fused-ring (bicyclic) bond motifs is 1. The zero-order valence-corrected chi connectivity index (χ0v) is 20.4. The maximum Gasteiger partial charge on any atom is 0.320 e. The van der Waals surface area contributed by atoms with E-state index in [1.165, 1.54) is 24.8 Å². The predicted molar refractivity (Wildman–Crippen MR) is 136 cm³/mol. The van der Waals surface area contributed by atoms with Crippen molar-refractivity contribution in [2.24, 2.45) is 5.10 Å². The highest BCUT2D eigenvalue weighted by molar-refractivity contribution is 6.04. The number of hydrogen-bond donors (Lipinski definition) is 1. The van der Waals surface area contributed by atoms with E-state index in [0.29, 0.717) is 18.7 Å². The molecule has 0 aliphatic carbocycles. The summed E-state index contributed by atoms with van der Waals surface area (Å²) in [5, 5.41) is 9.66. The number of piperidine rings is 1. The zero-order chi connectivity index (χ0) is 24.5. The highest BCUT2D eigenvalue weighted by atomic mass is 16.6. The fourth-order valence-electron chi connectivity index (χ4n) is 4.36. The summed E-state index contributed by atoms with van der Waals surface area (Å²) in [6.45, 7) is 4.42. The van der Waals surface area contributed by atoms with Crippen LogP contribution >= 0.6 is 0 Å². The molecule has 8 heteroatoms. The molecule has 4 rings (SSSR count). The Kier molecular flexibility index (Phi) is 8.86. The Morgan fingerprint density at radius 3 is 2.57 bits per heavy atom. The van der Waals surface area contributed by atoms with E-state index in [2.05, 4.69) is 20.3 Å². The number of amides is 1.